The minimum atomic E-state index is -2.98. The third-order valence-electron chi connectivity index (χ3n) is 8.04. The molecule has 0 radical (unpaired) electrons. The fraction of sp³-hybridized carbons (Fsp3) is 0.577. The second-order valence-electron chi connectivity index (χ2n) is 10.4. The lowest BCUT2D eigenvalue weighted by atomic mass is 9.81. The number of rotatable bonds is 8. The van der Waals surface area contributed by atoms with Gasteiger partial charge in [-0.1, -0.05) is 12.1 Å². The van der Waals surface area contributed by atoms with Gasteiger partial charge in [-0.05, 0) is 49.7 Å². The number of hydrogen-bond donors (Lipinski definition) is 2. The smallest absolute Gasteiger partial charge is 0.270 e. The van der Waals surface area contributed by atoms with Gasteiger partial charge in [0.05, 0.1) is 10.4 Å². The first-order valence-electron chi connectivity index (χ1n) is 12.3. The van der Waals surface area contributed by atoms with Crippen LogP contribution < -0.4 is 5.32 Å². The Bertz CT molecular complexity index is 1070. The van der Waals surface area contributed by atoms with Crippen LogP contribution in [0.2, 0.25) is 0 Å². The molecule has 1 amide bonds. The van der Waals surface area contributed by atoms with Gasteiger partial charge in [0.15, 0.2) is 0 Å². The number of nitrogens with one attached hydrogen (secondary N) is 1. The van der Waals surface area contributed by atoms with Crippen molar-refractivity contribution < 1.29 is 23.5 Å². The number of anilines is 1. The van der Waals surface area contributed by atoms with Crippen LogP contribution in [-0.4, -0.2) is 45.8 Å². The fourth-order valence-corrected chi connectivity index (χ4v) is 6.75. The van der Waals surface area contributed by atoms with Gasteiger partial charge in [0, 0.05) is 62.3 Å². The summed E-state index contributed by atoms with van der Waals surface area (Å²) in [5.74, 6) is -2.40. The van der Waals surface area contributed by atoms with Crippen LogP contribution in [0.1, 0.15) is 55.9 Å². The standard InChI is InChI=1S/C26H31F2N3O3S/c1-25(27,28)16-3-2-4-17(11-16)30-23(33)6-5-21(32)24-19-13-31(14-20(19)24)18-7-9-26(34,10-8-18)22-12-29-15-35-22/h2-4,11-12,15,18-20,24,34H,5-10,13-14H2,1H3,(H,30,33)/t18?,19-,20+,24?,26?. The van der Waals surface area contributed by atoms with Crippen molar-refractivity contribution in [2.45, 2.75) is 63.0 Å². The highest BCUT2D eigenvalue weighted by Gasteiger charge is 2.59. The number of benzene rings is 1. The number of aromatic nitrogens is 1. The normalized spacial score (nSPS) is 30.6. The van der Waals surface area contributed by atoms with Gasteiger partial charge in [-0.3, -0.25) is 19.5 Å². The Kier molecular flexibility index (Phi) is 6.52. The van der Waals surface area contributed by atoms with Crippen LogP contribution in [0.4, 0.5) is 14.5 Å². The summed E-state index contributed by atoms with van der Waals surface area (Å²) in [4.78, 5) is 32.5. The van der Waals surface area contributed by atoms with Gasteiger partial charge >= 0.3 is 0 Å². The van der Waals surface area contributed by atoms with Gasteiger partial charge in [-0.25, -0.2) is 8.78 Å². The molecule has 3 aliphatic rings. The van der Waals surface area contributed by atoms with Gasteiger partial charge in [-0.2, -0.15) is 0 Å². The Morgan fingerprint density at radius 3 is 2.57 bits per heavy atom. The van der Waals surface area contributed by atoms with E-state index in [-0.39, 0.29) is 36.0 Å². The topological polar surface area (TPSA) is 82.5 Å². The highest BCUT2D eigenvalue weighted by molar-refractivity contribution is 7.09. The highest BCUT2D eigenvalue weighted by Crippen LogP contribution is 2.54. The van der Waals surface area contributed by atoms with Crippen LogP contribution >= 0.6 is 11.3 Å². The first-order valence-corrected chi connectivity index (χ1v) is 13.2. The summed E-state index contributed by atoms with van der Waals surface area (Å²) in [7, 11) is 0. The van der Waals surface area contributed by atoms with Crippen molar-refractivity contribution in [3.05, 3.63) is 46.4 Å². The molecule has 3 atom stereocenters. The Labute approximate surface area is 207 Å². The van der Waals surface area contributed by atoms with Gasteiger partial charge in [0.2, 0.25) is 5.91 Å². The summed E-state index contributed by atoms with van der Waals surface area (Å²) in [6.07, 6.45) is 5.37. The first-order chi connectivity index (χ1) is 16.6. The molecule has 188 valence electrons. The molecular formula is C26H31F2N3O3S. The number of halogens is 2. The van der Waals surface area contributed by atoms with E-state index in [1.54, 1.807) is 17.8 Å². The second kappa shape index (κ2) is 9.33. The predicted molar refractivity (Wildman–Crippen MR) is 129 cm³/mol. The van der Waals surface area contributed by atoms with Crippen LogP contribution in [0.5, 0.6) is 0 Å². The number of carbonyl (C=O) groups is 2. The number of likely N-dealkylation sites (tertiary alicyclic amines) is 1. The monoisotopic (exact) mass is 503 g/mol. The fourth-order valence-electron chi connectivity index (χ4n) is 5.97. The number of piperidine rings is 1. The maximum Gasteiger partial charge on any atom is 0.270 e. The zero-order valence-corrected chi connectivity index (χ0v) is 20.6. The van der Waals surface area contributed by atoms with Crippen LogP contribution in [0, 0.1) is 17.8 Å². The molecule has 9 heteroatoms. The molecule has 0 spiro atoms. The van der Waals surface area contributed by atoms with E-state index in [0.717, 1.165) is 50.6 Å². The lowest BCUT2D eigenvalue weighted by Gasteiger charge is -2.39. The van der Waals surface area contributed by atoms with Gasteiger partial charge < -0.3 is 10.4 Å². The average molecular weight is 504 g/mol. The Morgan fingerprint density at radius 2 is 1.94 bits per heavy atom. The largest absolute Gasteiger partial charge is 0.384 e. The number of hydrogen-bond acceptors (Lipinski definition) is 6. The molecule has 2 aliphatic carbocycles. The number of fused-ring (bicyclic) bond motifs is 1. The summed E-state index contributed by atoms with van der Waals surface area (Å²) < 4.78 is 27.0. The average Bonchev–Trinajstić information content (AvgIpc) is 3.19. The van der Waals surface area contributed by atoms with E-state index < -0.39 is 11.5 Å². The molecule has 1 aromatic carbocycles. The maximum absolute atomic E-state index is 13.5. The molecule has 2 aromatic rings. The molecule has 6 nitrogen and oxygen atoms in total. The SMILES string of the molecule is CC(F)(F)c1cccc(NC(=O)CCC(=O)C2[C@H]3CN(C4CCC(O)(c5cncs5)CC4)C[C@@H]23)c1. The molecule has 2 heterocycles. The third kappa shape index (κ3) is 5.17. The van der Waals surface area contributed by atoms with Crippen molar-refractivity contribution in [1.29, 1.82) is 0 Å². The van der Waals surface area contributed by atoms with E-state index in [4.69, 9.17) is 0 Å². The molecule has 3 fully saturated rings. The Morgan fingerprint density at radius 1 is 1.23 bits per heavy atom. The molecule has 1 unspecified atom stereocenters. The summed E-state index contributed by atoms with van der Waals surface area (Å²) >= 11 is 1.51. The number of Topliss-reactive ketones (excluding diaryl/α,β-unsaturated/α-hetero) is 1. The number of amides is 1. The first kappa shape index (κ1) is 24.5. The molecule has 5 rings (SSSR count). The lowest BCUT2D eigenvalue weighted by Crippen LogP contribution is -2.42. The lowest BCUT2D eigenvalue weighted by molar-refractivity contribution is -0.124. The summed E-state index contributed by atoms with van der Waals surface area (Å²) in [6.45, 7) is 2.64. The number of thiazole rings is 1. The zero-order chi connectivity index (χ0) is 24.8. The van der Waals surface area contributed by atoms with Crippen molar-refractivity contribution in [3.8, 4) is 0 Å². The second-order valence-corrected chi connectivity index (χ2v) is 11.3. The molecule has 2 saturated carbocycles. The van der Waals surface area contributed by atoms with Crippen molar-refractivity contribution in [1.82, 2.24) is 9.88 Å². The van der Waals surface area contributed by atoms with Gasteiger partial charge in [0.1, 0.15) is 11.4 Å². The minimum Gasteiger partial charge on any atom is -0.384 e. The van der Waals surface area contributed by atoms with E-state index in [9.17, 15) is 23.5 Å². The third-order valence-corrected chi connectivity index (χ3v) is 9.00. The van der Waals surface area contributed by atoms with Gasteiger partial charge in [0.25, 0.3) is 5.92 Å². The highest BCUT2D eigenvalue weighted by atomic mass is 32.1. The molecular weight excluding hydrogens is 472 g/mol. The van der Waals surface area contributed by atoms with Crippen LogP contribution in [0.15, 0.2) is 36.0 Å². The number of aliphatic hydroxyl groups is 1. The van der Waals surface area contributed by atoms with Crippen molar-refractivity contribution in [2.75, 3.05) is 18.4 Å². The summed E-state index contributed by atoms with van der Waals surface area (Å²) in [6, 6.07) is 6.09. The number of ketones is 1. The summed E-state index contributed by atoms with van der Waals surface area (Å²) in [5, 5.41) is 13.6. The number of alkyl halides is 2. The number of carbonyl (C=O) groups excluding carboxylic acids is 2. The van der Waals surface area contributed by atoms with E-state index >= 15 is 0 Å². The van der Waals surface area contributed by atoms with Crippen LogP contribution in [-0.2, 0) is 21.1 Å². The van der Waals surface area contributed by atoms with Crippen molar-refractivity contribution in [3.63, 3.8) is 0 Å². The zero-order valence-electron chi connectivity index (χ0n) is 19.8. The molecule has 2 N–H and O–H groups in total. The molecule has 1 aromatic heterocycles. The predicted octanol–water partition coefficient (Wildman–Crippen LogP) is 4.55. The van der Waals surface area contributed by atoms with Crippen molar-refractivity contribution >= 4 is 28.7 Å². The minimum absolute atomic E-state index is 0.0406. The van der Waals surface area contributed by atoms with Crippen molar-refractivity contribution in [2.24, 2.45) is 17.8 Å². The maximum atomic E-state index is 13.5. The van der Waals surface area contributed by atoms with Gasteiger partial charge in [-0.15, -0.1) is 11.3 Å². The van der Waals surface area contributed by atoms with E-state index in [0.29, 0.717) is 23.6 Å². The number of nitrogens with zero attached hydrogens (tertiary/aromatic N) is 2. The Balaban J connectivity index is 1.05. The molecule has 1 saturated heterocycles. The summed E-state index contributed by atoms with van der Waals surface area (Å²) in [5.41, 5.74) is 1.17. The molecule has 0 bridgehead atoms. The van der Waals surface area contributed by atoms with E-state index in [1.165, 1.54) is 29.5 Å². The van der Waals surface area contributed by atoms with Crippen LogP contribution in [0.25, 0.3) is 0 Å². The molecule has 35 heavy (non-hydrogen) atoms. The molecule has 1 aliphatic heterocycles. The van der Waals surface area contributed by atoms with Crippen LogP contribution in [0.3, 0.4) is 0 Å². The van der Waals surface area contributed by atoms with E-state index in [2.05, 4.69) is 15.2 Å². The Hall–Kier alpha value is -2.23. The van der Waals surface area contributed by atoms with E-state index in [1.807, 2.05) is 0 Å². The quantitative estimate of drug-likeness (QED) is 0.552.